The zero-order valence-corrected chi connectivity index (χ0v) is 12.0. The highest BCUT2D eigenvalue weighted by molar-refractivity contribution is 5.95. The average molecular weight is 341 g/mol. The summed E-state index contributed by atoms with van der Waals surface area (Å²) in [5.41, 5.74) is -1.28. The monoisotopic (exact) mass is 341 g/mol. The van der Waals surface area contributed by atoms with E-state index in [1.165, 1.54) is 6.07 Å². The first-order valence-corrected chi connectivity index (χ1v) is 6.73. The van der Waals surface area contributed by atoms with Gasteiger partial charge in [-0.1, -0.05) is 6.07 Å². The SMILES string of the molecule is O=C(O)c1c(Oc2cccc(C(F)(F)F)c2)cnc2c1OCCO2. The number of ether oxygens (including phenoxy) is 3. The van der Waals surface area contributed by atoms with E-state index < -0.39 is 17.7 Å². The Bertz CT molecular complexity index is 791. The topological polar surface area (TPSA) is 77.9 Å². The lowest BCUT2D eigenvalue weighted by atomic mass is 10.2. The molecule has 126 valence electrons. The first-order valence-electron chi connectivity index (χ1n) is 6.73. The van der Waals surface area contributed by atoms with Crippen molar-refractivity contribution in [2.75, 3.05) is 13.2 Å². The van der Waals surface area contributed by atoms with Gasteiger partial charge < -0.3 is 19.3 Å². The number of pyridine rings is 1. The van der Waals surface area contributed by atoms with E-state index in [2.05, 4.69) is 4.98 Å². The smallest absolute Gasteiger partial charge is 0.416 e. The molecule has 2 heterocycles. The van der Waals surface area contributed by atoms with Crippen LogP contribution in [-0.2, 0) is 6.18 Å². The highest BCUT2D eigenvalue weighted by Gasteiger charge is 2.31. The summed E-state index contributed by atoms with van der Waals surface area (Å²) in [5.74, 6) is -1.91. The first kappa shape index (κ1) is 15.9. The van der Waals surface area contributed by atoms with Crippen molar-refractivity contribution in [2.45, 2.75) is 6.18 Å². The summed E-state index contributed by atoms with van der Waals surface area (Å²) in [6.45, 7) is 0.342. The molecule has 0 saturated heterocycles. The molecule has 0 aliphatic carbocycles. The van der Waals surface area contributed by atoms with E-state index in [9.17, 15) is 23.1 Å². The van der Waals surface area contributed by atoms with Crippen LogP contribution in [0.2, 0.25) is 0 Å². The van der Waals surface area contributed by atoms with Crippen LogP contribution in [0, 0.1) is 0 Å². The van der Waals surface area contributed by atoms with Crippen LogP contribution in [0.3, 0.4) is 0 Å². The third-order valence-electron chi connectivity index (χ3n) is 3.14. The Labute approximate surface area is 133 Å². The predicted molar refractivity (Wildman–Crippen MR) is 73.7 cm³/mol. The Hall–Kier alpha value is -2.97. The van der Waals surface area contributed by atoms with Crippen LogP contribution in [0.1, 0.15) is 15.9 Å². The molecule has 0 atom stereocenters. The number of alkyl halides is 3. The molecule has 1 N–H and O–H groups in total. The van der Waals surface area contributed by atoms with Crippen LogP contribution in [0.5, 0.6) is 23.1 Å². The lowest BCUT2D eigenvalue weighted by Crippen LogP contribution is -2.19. The minimum absolute atomic E-state index is 0.00459. The van der Waals surface area contributed by atoms with E-state index >= 15 is 0 Å². The molecular formula is C15H10F3NO5. The second-order valence-corrected chi connectivity index (χ2v) is 4.76. The first-order chi connectivity index (χ1) is 11.4. The van der Waals surface area contributed by atoms with Gasteiger partial charge >= 0.3 is 12.1 Å². The Kier molecular flexibility index (Phi) is 3.92. The molecule has 6 nitrogen and oxygen atoms in total. The van der Waals surface area contributed by atoms with Crippen molar-refractivity contribution in [3.05, 3.63) is 41.6 Å². The largest absolute Gasteiger partial charge is 0.484 e. The molecule has 1 aliphatic rings. The summed E-state index contributed by atoms with van der Waals surface area (Å²) in [6, 6.07) is 4.08. The molecule has 0 unspecified atom stereocenters. The van der Waals surface area contributed by atoms with Crippen molar-refractivity contribution >= 4 is 5.97 Å². The fourth-order valence-electron chi connectivity index (χ4n) is 2.12. The van der Waals surface area contributed by atoms with E-state index in [1.54, 1.807) is 0 Å². The number of hydrogen-bond acceptors (Lipinski definition) is 5. The summed E-state index contributed by atoms with van der Waals surface area (Å²) in [4.78, 5) is 15.4. The van der Waals surface area contributed by atoms with Gasteiger partial charge in [0.05, 0.1) is 11.8 Å². The normalized spacial score (nSPS) is 13.5. The number of fused-ring (bicyclic) bond motifs is 1. The van der Waals surface area contributed by atoms with Gasteiger partial charge in [-0.15, -0.1) is 0 Å². The van der Waals surface area contributed by atoms with E-state index in [-0.39, 0.29) is 41.9 Å². The number of halogens is 3. The maximum Gasteiger partial charge on any atom is 0.416 e. The van der Waals surface area contributed by atoms with Gasteiger partial charge in [0.25, 0.3) is 5.88 Å². The molecule has 0 saturated carbocycles. The lowest BCUT2D eigenvalue weighted by Gasteiger charge is -2.20. The van der Waals surface area contributed by atoms with E-state index in [0.29, 0.717) is 0 Å². The Morgan fingerprint density at radius 2 is 2.00 bits per heavy atom. The second-order valence-electron chi connectivity index (χ2n) is 4.76. The molecule has 1 aromatic carbocycles. The summed E-state index contributed by atoms with van der Waals surface area (Å²) in [6.07, 6.45) is -3.47. The second kappa shape index (κ2) is 5.91. The number of hydrogen-bond donors (Lipinski definition) is 1. The van der Waals surface area contributed by atoms with Crippen LogP contribution >= 0.6 is 0 Å². The highest BCUT2D eigenvalue weighted by atomic mass is 19.4. The maximum absolute atomic E-state index is 12.7. The fourth-order valence-corrected chi connectivity index (χ4v) is 2.12. The van der Waals surface area contributed by atoms with Crippen molar-refractivity contribution in [2.24, 2.45) is 0 Å². The molecule has 1 aliphatic heterocycles. The molecule has 0 amide bonds. The molecule has 2 aromatic rings. The zero-order chi connectivity index (χ0) is 17.3. The van der Waals surface area contributed by atoms with Gasteiger partial charge in [-0.05, 0) is 18.2 Å². The van der Waals surface area contributed by atoms with Crippen molar-refractivity contribution in [3.63, 3.8) is 0 Å². The number of carbonyl (C=O) groups is 1. The maximum atomic E-state index is 12.7. The molecule has 24 heavy (non-hydrogen) atoms. The van der Waals surface area contributed by atoms with Gasteiger partial charge in [-0.3, -0.25) is 0 Å². The van der Waals surface area contributed by atoms with Gasteiger partial charge in [0.15, 0.2) is 17.1 Å². The quantitative estimate of drug-likeness (QED) is 0.922. The van der Waals surface area contributed by atoms with E-state index in [4.69, 9.17) is 14.2 Å². The van der Waals surface area contributed by atoms with Crippen LogP contribution in [0.4, 0.5) is 13.2 Å². The van der Waals surface area contributed by atoms with Gasteiger partial charge in [0.2, 0.25) is 0 Å². The van der Waals surface area contributed by atoms with E-state index in [0.717, 1.165) is 24.4 Å². The standard InChI is InChI=1S/C15H10F3NO5/c16-15(17,18)8-2-1-3-9(6-8)24-10-7-19-13-12(11(10)14(20)21)22-4-5-23-13/h1-3,6-7H,4-5H2,(H,20,21). The third-order valence-corrected chi connectivity index (χ3v) is 3.14. The lowest BCUT2D eigenvalue weighted by molar-refractivity contribution is -0.137. The Morgan fingerprint density at radius 1 is 1.25 bits per heavy atom. The molecule has 0 bridgehead atoms. The molecule has 0 radical (unpaired) electrons. The average Bonchev–Trinajstić information content (AvgIpc) is 2.53. The number of nitrogens with zero attached hydrogens (tertiary/aromatic N) is 1. The molecule has 3 rings (SSSR count). The van der Waals surface area contributed by atoms with Crippen molar-refractivity contribution in [1.29, 1.82) is 0 Å². The summed E-state index contributed by atoms with van der Waals surface area (Å²) in [5, 5.41) is 9.36. The molecular weight excluding hydrogens is 331 g/mol. The van der Waals surface area contributed by atoms with E-state index in [1.807, 2.05) is 0 Å². The van der Waals surface area contributed by atoms with Crippen LogP contribution in [0.15, 0.2) is 30.5 Å². The van der Waals surface area contributed by atoms with Gasteiger partial charge in [0.1, 0.15) is 19.0 Å². The molecule has 0 spiro atoms. The number of carboxylic acid groups (broad SMARTS) is 1. The van der Waals surface area contributed by atoms with Crippen molar-refractivity contribution in [1.82, 2.24) is 4.98 Å². The van der Waals surface area contributed by atoms with Gasteiger partial charge in [-0.2, -0.15) is 13.2 Å². The van der Waals surface area contributed by atoms with Gasteiger partial charge in [0, 0.05) is 0 Å². The van der Waals surface area contributed by atoms with Crippen molar-refractivity contribution in [3.8, 4) is 23.1 Å². The summed E-state index contributed by atoms with van der Waals surface area (Å²) < 4.78 is 53.9. The third kappa shape index (κ3) is 3.05. The van der Waals surface area contributed by atoms with Crippen LogP contribution < -0.4 is 14.2 Å². The molecule has 9 heteroatoms. The van der Waals surface area contributed by atoms with Crippen LogP contribution in [-0.4, -0.2) is 29.3 Å². The molecule has 0 fully saturated rings. The number of aromatic carboxylic acids is 1. The highest BCUT2D eigenvalue weighted by Crippen LogP contribution is 2.39. The van der Waals surface area contributed by atoms with Gasteiger partial charge in [-0.25, -0.2) is 9.78 Å². The number of rotatable bonds is 3. The minimum Gasteiger partial charge on any atom is -0.484 e. The Balaban J connectivity index is 2.00. The summed E-state index contributed by atoms with van der Waals surface area (Å²) in [7, 11) is 0. The number of aromatic nitrogens is 1. The number of carboxylic acids is 1. The number of benzene rings is 1. The Morgan fingerprint density at radius 3 is 2.71 bits per heavy atom. The minimum atomic E-state index is -4.54. The van der Waals surface area contributed by atoms with Crippen LogP contribution in [0.25, 0.3) is 0 Å². The van der Waals surface area contributed by atoms with Crippen molar-refractivity contribution < 1.29 is 37.3 Å². The molecule has 1 aromatic heterocycles. The zero-order valence-electron chi connectivity index (χ0n) is 12.0. The predicted octanol–water partition coefficient (Wildman–Crippen LogP) is 3.36. The fraction of sp³-hybridized carbons (Fsp3) is 0.200. The summed E-state index contributed by atoms with van der Waals surface area (Å²) >= 11 is 0.